The summed E-state index contributed by atoms with van der Waals surface area (Å²) in [6.07, 6.45) is 3.27. The van der Waals surface area contributed by atoms with Crippen molar-refractivity contribution in [3.05, 3.63) is 0 Å². The lowest BCUT2D eigenvalue weighted by Gasteiger charge is -2.39. The molecule has 0 aromatic carbocycles. The number of hydrogen-bond donors (Lipinski definition) is 1. The molecule has 0 aromatic rings. The fourth-order valence-electron chi connectivity index (χ4n) is 3.28. The van der Waals surface area contributed by atoms with E-state index in [-0.39, 0.29) is 11.7 Å². The zero-order chi connectivity index (χ0) is 14.2. The van der Waals surface area contributed by atoms with Gasteiger partial charge in [-0.05, 0) is 52.2 Å². The summed E-state index contributed by atoms with van der Waals surface area (Å²) in [5.41, 5.74) is -0.363. The maximum atomic E-state index is 12.8. The summed E-state index contributed by atoms with van der Waals surface area (Å²) < 4.78 is 0. The van der Waals surface area contributed by atoms with Crippen LogP contribution < -0.4 is 5.32 Å². The first kappa shape index (κ1) is 14.8. The smallest absolute Gasteiger partial charge is 0.244 e. The third kappa shape index (κ3) is 2.65. The van der Waals surface area contributed by atoms with Gasteiger partial charge in [0.15, 0.2) is 0 Å². The molecule has 0 bridgehead atoms. The van der Waals surface area contributed by atoms with E-state index in [9.17, 15) is 4.79 Å². The van der Waals surface area contributed by atoms with Crippen molar-refractivity contribution in [2.75, 3.05) is 20.1 Å². The van der Waals surface area contributed by atoms with Gasteiger partial charge in [0.2, 0.25) is 5.91 Å². The van der Waals surface area contributed by atoms with Crippen molar-refractivity contribution in [1.29, 1.82) is 0 Å². The van der Waals surface area contributed by atoms with Crippen molar-refractivity contribution < 1.29 is 4.79 Å². The van der Waals surface area contributed by atoms with Crippen LogP contribution in [0.25, 0.3) is 0 Å². The van der Waals surface area contributed by atoms with Crippen LogP contribution in [-0.2, 0) is 4.79 Å². The molecule has 2 atom stereocenters. The average Bonchev–Trinajstić information content (AvgIpc) is 2.65. The molecule has 2 unspecified atom stereocenters. The number of nitrogens with one attached hydrogen (secondary N) is 1. The van der Waals surface area contributed by atoms with Gasteiger partial charge < -0.3 is 9.80 Å². The lowest BCUT2D eigenvalue weighted by molar-refractivity contribution is -0.136. The van der Waals surface area contributed by atoms with Gasteiger partial charge in [0.05, 0.1) is 11.7 Å². The Morgan fingerprint density at radius 1 is 1.37 bits per heavy atom. The number of rotatable bonds is 3. The van der Waals surface area contributed by atoms with E-state index in [4.69, 9.17) is 0 Å². The van der Waals surface area contributed by atoms with E-state index in [0.717, 1.165) is 32.4 Å². The molecule has 2 aliphatic heterocycles. The maximum absolute atomic E-state index is 12.8. The Balaban J connectivity index is 2.18. The monoisotopic (exact) mass is 267 g/mol. The van der Waals surface area contributed by atoms with Crippen molar-refractivity contribution in [2.45, 2.75) is 64.7 Å². The lowest BCUT2D eigenvalue weighted by atomic mass is 9.97. The maximum Gasteiger partial charge on any atom is 0.244 e. The molecule has 2 rings (SSSR count). The lowest BCUT2D eigenvalue weighted by Crippen LogP contribution is -2.51. The second-order valence-electron chi connectivity index (χ2n) is 6.77. The molecule has 2 aliphatic rings. The highest BCUT2D eigenvalue weighted by atomic mass is 16.2. The van der Waals surface area contributed by atoms with Crippen molar-refractivity contribution in [3.63, 3.8) is 0 Å². The van der Waals surface area contributed by atoms with E-state index in [0.29, 0.717) is 17.9 Å². The first-order valence-electron chi connectivity index (χ1n) is 7.68. The third-order valence-corrected chi connectivity index (χ3v) is 4.89. The largest absolute Gasteiger partial charge is 0.322 e. The van der Waals surface area contributed by atoms with Gasteiger partial charge in [-0.3, -0.25) is 10.1 Å². The first-order valence-corrected chi connectivity index (χ1v) is 7.68. The number of likely N-dealkylation sites (tertiary alicyclic amines) is 1. The molecule has 4 nitrogen and oxygen atoms in total. The average molecular weight is 267 g/mol. The molecule has 1 N–H and O–H groups in total. The summed E-state index contributed by atoms with van der Waals surface area (Å²) in [7, 11) is 2.16. The quantitative estimate of drug-likeness (QED) is 0.845. The van der Waals surface area contributed by atoms with Gasteiger partial charge in [0.1, 0.15) is 0 Å². The predicted molar refractivity (Wildman–Crippen MR) is 77.8 cm³/mol. The molecule has 0 saturated carbocycles. The Bertz CT molecular complexity index is 336. The standard InChI is InChI=1S/C15H29N3O/c1-6-15(4)14(19)18(13(16-15)11(2)3)12-7-9-17(5)10-8-12/h11-13,16H,6-10H2,1-5H3. The number of carbonyl (C=O) groups excluding carboxylic acids is 1. The number of amides is 1. The number of piperidine rings is 1. The molecule has 110 valence electrons. The molecule has 0 radical (unpaired) electrons. The van der Waals surface area contributed by atoms with Gasteiger partial charge >= 0.3 is 0 Å². The minimum atomic E-state index is -0.363. The second-order valence-corrected chi connectivity index (χ2v) is 6.77. The van der Waals surface area contributed by atoms with E-state index in [1.54, 1.807) is 0 Å². The third-order valence-electron chi connectivity index (χ3n) is 4.89. The van der Waals surface area contributed by atoms with Crippen LogP contribution in [0.15, 0.2) is 0 Å². The zero-order valence-electron chi connectivity index (χ0n) is 13.1. The first-order chi connectivity index (χ1) is 8.89. The van der Waals surface area contributed by atoms with Gasteiger partial charge in [0, 0.05) is 6.04 Å². The summed E-state index contributed by atoms with van der Waals surface area (Å²) >= 11 is 0. The summed E-state index contributed by atoms with van der Waals surface area (Å²) in [5.74, 6) is 0.764. The Kier molecular flexibility index (Phi) is 4.21. The Hall–Kier alpha value is -0.610. The SMILES string of the molecule is CCC1(C)NC(C(C)C)N(C2CCN(C)CC2)C1=O. The minimum Gasteiger partial charge on any atom is -0.322 e. The van der Waals surface area contributed by atoms with Crippen LogP contribution >= 0.6 is 0 Å². The van der Waals surface area contributed by atoms with Crippen molar-refractivity contribution >= 4 is 5.91 Å². The molecule has 2 saturated heterocycles. The van der Waals surface area contributed by atoms with E-state index < -0.39 is 0 Å². The Morgan fingerprint density at radius 3 is 2.42 bits per heavy atom. The van der Waals surface area contributed by atoms with Crippen LogP contribution in [0.1, 0.15) is 47.0 Å². The molecule has 1 amide bonds. The summed E-state index contributed by atoms with van der Waals surface area (Å²) in [5, 5.41) is 3.59. The summed E-state index contributed by atoms with van der Waals surface area (Å²) in [6.45, 7) is 10.8. The minimum absolute atomic E-state index is 0.200. The molecule has 4 heteroatoms. The van der Waals surface area contributed by atoms with E-state index in [2.05, 4.69) is 49.9 Å². The van der Waals surface area contributed by atoms with Gasteiger partial charge in [0.25, 0.3) is 0 Å². The van der Waals surface area contributed by atoms with Crippen LogP contribution in [0.3, 0.4) is 0 Å². The van der Waals surface area contributed by atoms with Gasteiger partial charge in [-0.15, -0.1) is 0 Å². The summed E-state index contributed by atoms with van der Waals surface area (Å²) in [6, 6.07) is 0.414. The van der Waals surface area contributed by atoms with Crippen molar-refractivity contribution in [2.24, 2.45) is 5.92 Å². The van der Waals surface area contributed by atoms with Crippen molar-refractivity contribution in [3.8, 4) is 0 Å². The second kappa shape index (κ2) is 5.41. The highest BCUT2D eigenvalue weighted by Crippen LogP contribution is 2.31. The van der Waals surface area contributed by atoms with E-state index in [1.807, 2.05) is 0 Å². The number of nitrogens with zero attached hydrogens (tertiary/aromatic N) is 2. The van der Waals surface area contributed by atoms with E-state index in [1.165, 1.54) is 0 Å². The molecular formula is C15H29N3O. The molecular weight excluding hydrogens is 238 g/mol. The van der Waals surface area contributed by atoms with Gasteiger partial charge in [-0.1, -0.05) is 20.8 Å². The van der Waals surface area contributed by atoms with E-state index >= 15 is 0 Å². The molecule has 0 aliphatic carbocycles. The Morgan fingerprint density at radius 2 is 1.95 bits per heavy atom. The topological polar surface area (TPSA) is 35.6 Å². The molecule has 2 fully saturated rings. The molecule has 19 heavy (non-hydrogen) atoms. The fraction of sp³-hybridized carbons (Fsp3) is 0.933. The highest BCUT2D eigenvalue weighted by molar-refractivity contribution is 5.88. The predicted octanol–water partition coefficient (Wildman–Crippen LogP) is 1.66. The van der Waals surface area contributed by atoms with Crippen LogP contribution in [-0.4, -0.2) is 53.6 Å². The normalized spacial score (nSPS) is 34.5. The number of hydrogen-bond acceptors (Lipinski definition) is 3. The number of carbonyl (C=O) groups is 1. The van der Waals surface area contributed by atoms with Crippen LogP contribution in [0, 0.1) is 5.92 Å². The molecule has 0 aromatic heterocycles. The van der Waals surface area contributed by atoms with Crippen LogP contribution in [0.2, 0.25) is 0 Å². The summed E-state index contributed by atoms with van der Waals surface area (Å²) in [4.78, 5) is 17.3. The van der Waals surface area contributed by atoms with Crippen LogP contribution in [0.4, 0.5) is 0 Å². The van der Waals surface area contributed by atoms with Gasteiger partial charge in [-0.2, -0.15) is 0 Å². The molecule has 0 spiro atoms. The van der Waals surface area contributed by atoms with Crippen LogP contribution in [0.5, 0.6) is 0 Å². The van der Waals surface area contributed by atoms with Crippen molar-refractivity contribution in [1.82, 2.24) is 15.1 Å². The zero-order valence-corrected chi connectivity index (χ0v) is 13.1. The fourth-order valence-corrected chi connectivity index (χ4v) is 3.28. The molecule has 2 heterocycles. The van der Waals surface area contributed by atoms with Gasteiger partial charge in [-0.25, -0.2) is 0 Å². The highest BCUT2D eigenvalue weighted by Gasteiger charge is 2.50. The Labute approximate surface area is 117 Å².